The van der Waals surface area contributed by atoms with Crippen LogP contribution in [0.2, 0.25) is 5.02 Å². The number of hydrogen-bond acceptors (Lipinski definition) is 3. The van der Waals surface area contributed by atoms with E-state index in [1.165, 1.54) is 10.4 Å². The van der Waals surface area contributed by atoms with Crippen molar-refractivity contribution in [3.8, 4) is 0 Å². The lowest BCUT2D eigenvalue weighted by molar-refractivity contribution is 0.444. The highest BCUT2D eigenvalue weighted by atomic mass is 35.5. The molecular weight excluding hydrogens is 284 g/mol. The van der Waals surface area contributed by atoms with Crippen molar-refractivity contribution in [2.45, 2.75) is 25.2 Å². The van der Waals surface area contributed by atoms with Crippen LogP contribution in [-0.2, 0) is 10.0 Å². The van der Waals surface area contributed by atoms with Crippen LogP contribution in [0.1, 0.15) is 18.9 Å². The number of anilines is 1. The maximum absolute atomic E-state index is 12.5. The fourth-order valence-corrected chi connectivity index (χ4v) is 3.99. The van der Waals surface area contributed by atoms with E-state index >= 15 is 0 Å². The molecule has 106 valence electrons. The summed E-state index contributed by atoms with van der Waals surface area (Å²) in [6.07, 6.45) is 1.09. The van der Waals surface area contributed by atoms with Gasteiger partial charge >= 0.3 is 0 Å². The van der Waals surface area contributed by atoms with Gasteiger partial charge in [-0.1, -0.05) is 18.5 Å². The normalized spacial score (nSPS) is 22.8. The lowest BCUT2D eigenvalue weighted by atomic mass is 10.2. The number of halogens is 1. The maximum Gasteiger partial charge on any atom is 0.243 e. The summed E-state index contributed by atoms with van der Waals surface area (Å²) in [5.41, 5.74) is 6.74. The van der Waals surface area contributed by atoms with E-state index in [0.29, 0.717) is 34.7 Å². The highest BCUT2D eigenvalue weighted by Crippen LogP contribution is 2.39. The first-order valence-electron chi connectivity index (χ1n) is 6.25. The largest absolute Gasteiger partial charge is 0.398 e. The third-order valence-corrected chi connectivity index (χ3v) is 5.99. The van der Waals surface area contributed by atoms with Gasteiger partial charge in [0.05, 0.1) is 4.90 Å². The molecule has 0 heterocycles. The van der Waals surface area contributed by atoms with Gasteiger partial charge in [0.15, 0.2) is 0 Å². The van der Waals surface area contributed by atoms with Gasteiger partial charge in [0.25, 0.3) is 0 Å². The third kappa shape index (κ3) is 2.88. The van der Waals surface area contributed by atoms with Crippen LogP contribution in [0.5, 0.6) is 0 Å². The average Bonchev–Trinajstić information content (AvgIpc) is 2.99. The van der Waals surface area contributed by atoms with Gasteiger partial charge in [-0.2, -0.15) is 0 Å². The summed E-state index contributed by atoms with van der Waals surface area (Å²) in [5, 5.41) is 0.342. The van der Waals surface area contributed by atoms with Crippen LogP contribution in [0.15, 0.2) is 17.0 Å². The fourth-order valence-electron chi connectivity index (χ4n) is 2.19. The fraction of sp³-hybridized carbons (Fsp3) is 0.538. The molecule has 0 radical (unpaired) electrons. The van der Waals surface area contributed by atoms with E-state index in [1.807, 2.05) is 0 Å². The summed E-state index contributed by atoms with van der Waals surface area (Å²) in [4.78, 5) is 0.202. The molecule has 0 aliphatic heterocycles. The van der Waals surface area contributed by atoms with E-state index in [9.17, 15) is 8.42 Å². The van der Waals surface area contributed by atoms with Crippen molar-refractivity contribution >= 4 is 27.3 Å². The Morgan fingerprint density at radius 3 is 2.58 bits per heavy atom. The second kappa shape index (κ2) is 4.96. The van der Waals surface area contributed by atoms with Crippen molar-refractivity contribution in [3.63, 3.8) is 0 Å². The molecule has 2 unspecified atom stereocenters. The zero-order valence-corrected chi connectivity index (χ0v) is 12.9. The molecule has 19 heavy (non-hydrogen) atoms. The van der Waals surface area contributed by atoms with Crippen molar-refractivity contribution in [2.24, 2.45) is 11.8 Å². The molecule has 1 aliphatic rings. The van der Waals surface area contributed by atoms with E-state index in [2.05, 4.69) is 6.92 Å². The summed E-state index contributed by atoms with van der Waals surface area (Å²) < 4.78 is 26.5. The van der Waals surface area contributed by atoms with Crippen LogP contribution in [0.3, 0.4) is 0 Å². The van der Waals surface area contributed by atoms with E-state index < -0.39 is 10.0 Å². The van der Waals surface area contributed by atoms with Gasteiger partial charge in [0.2, 0.25) is 10.0 Å². The molecule has 6 heteroatoms. The Hall–Kier alpha value is -0.780. The number of sulfonamides is 1. The highest BCUT2D eigenvalue weighted by molar-refractivity contribution is 7.89. The van der Waals surface area contributed by atoms with Crippen LogP contribution in [0.4, 0.5) is 5.69 Å². The lowest BCUT2D eigenvalue weighted by Gasteiger charge is -2.19. The predicted octanol–water partition coefficient (Wildman–Crippen LogP) is 2.51. The van der Waals surface area contributed by atoms with E-state index in [1.54, 1.807) is 20.0 Å². The van der Waals surface area contributed by atoms with Crippen LogP contribution < -0.4 is 5.73 Å². The standard InChI is InChI=1S/C13H19ClN2O2S/c1-8-4-10(8)7-16(3)19(17,18)13-6-11(14)5-12(15)9(13)2/h5-6,8,10H,4,7,15H2,1-3H3. The van der Waals surface area contributed by atoms with Crippen molar-refractivity contribution in [3.05, 3.63) is 22.7 Å². The Kier molecular flexibility index (Phi) is 3.82. The maximum atomic E-state index is 12.5. The van der Waals surface area contributed by atoms with Crippen LogP contribution in [-0.4, -0.2) is 26.3 Å². The molecule has 1 aromatic rings. The molecule has 0 saturated heterocycles. The number of nitrogens with zero attached hydrogens (tertiary/aromatic N) is 1. The second-order valence-electron chi connectivity index (χ2n) is 5.38. The summed E-state index contributed by atoms with van der Waals surface area (Å²) >= 11 is 5.91. The van der Waals surface area contributed by atoms with Gasteiger partial charge in [-0.15, -0.1) is 0 Å². The smallest absolute Gasteiger partial charge is 0.243 e. The minimum atomic E-state index is -3.52. The number of nitrogens with two attached hydrogens (primary N) is 1. The third-order valence-electron chi connectivity index (χ3n) is 3.82. The molecule has 0 amide bonds. The number of rotatable bonds is 4. The summed E-state index contributed by atoms with van der Waals surface area (Å²) in [6.45, 7) is 4.38. The molecule has 1 aromatic carbocycles. The number of benzene rings is 1. The van der Waals surface area contributed by atoms with Crippen molar-refractivity contribution in [1.29, 1.82) is 0 Å². The summed E-state index contributed by atoms with van der Waals surface area (Å²) in [6, 6.07) is 3.04. The van der Waals surface area contributed by atoms with Crippen LogP contribution in [0.25, 0.3) is 0 Å². The molecule has 2 N–H and O–H groups in total. The summed E-state index contributed by atoms with van der Waals surface area (Å²) in [7, 11) is -1.92. The van der Waals surface area contributed by atoms with Crippen molar-refractivity contribution in [1.82, 2.24) is 4.31 Å². The molecule has 2 atom stereocenters. The van der Waals surface area contributed by atoms with Crippen molar-refractivity contribution < 1.29 is 8.42 Å². The van der Waals surface area contributed by atoms with E-state index in [0.717, 1.165) is 6.42 Å². The molecule has 1 fully saturated rings. The van der Waals surface area contributed by atoms with Gasteiger partial charge in [-0.05, 0) is 42.9 Å². The lowest BCUT2D eigenvalue weighted by Crippen LogP contribution is -2.30. The first-order valence-corrected chi connectivity index (χ1v) is 8.07. The Morgan fingerprint density at radius 2 is 2.05 bits per heavy atom. The SMILES string of the molecule is Cc1c(N)cc(Cl)cc1S(=O)(=O)N(C)CC1CC1C. The predicted molar refractivity (Wildman–Crippen MR) is 77.7 cm³/mol. The number of nitrogen functional groups attached to an aromatic ring is 1. The molecule has 1 saturated carbocycles. The van der Waals surface area contributed by atoms with E-state index in [-0.39, 0.29) is 4.90 Å². The monoisotopic (exact) mass is 302 g/mol. The van der Waals surface area contributed by atoms with Crippen molar-refractivity contribution in [2.75, 3.05) is 19.3 Å². The van der Waals surface area contributed by atoms with E-state index in [4.69, 9.17) is 17.3 Å². The molecular formula is C13H19ClN2O2S. The van der Waals surface area contributed by atoms with Gasteiger partial charge < -0.3 is 5.73 Å². The quantitative estimate of drug-likeness (QED) is 0.869. The number of hydrogen-bond donors (Lipinski definition) is 1. The second-order valence-corrected chi connectivity index (χ2v) is 7.83. The van der Waals surface area contributed by atoms with Crippen LogP contribution >= 0.6 is 11.6 Å². The Labute approximate surface area is 119 Å². The Bertz CT molecular complexity index is 601. The average molecular weight is 303 g/mol. The van der Waals surface area contributed by atoms with Gasteiger partial charge in [-0.3, -0.25) is 0 Å². The Morgan fingerprint density at radius 1 is 1.47 bits per heavy atom. The zero-order valence-electron chi connectivity index (χ0n) is 11.4. The first kappa shape index (κ1) is 14.6. The minimum absolute atomic E-state index is 0.202. The van der Waals surface area contributed by atoms with Gasteiger partial charge in [0, 0.05) is 24.3 Å². The molecule has 1 aliphatic carbocycles. The topological polar surface area (TPSA) is 63.4 Å². The molecule has 2 rings (SSSR count). The molecule has 0 spiro atoms. The van der Waals surface area contributed by atoms with Gasteiger partial charge in [0.1, 0.15) is 0 Å². The zero-order chi connectivity index (χ0) is 14.4. The highest BCUT2D eigenvalue weighted by Gasteiger charge is 2.36. The first-order chi connectivity index (χ1) is 8.73. The summed E-state index contributed by atoms with van der Waals surface area (Å²) in [5.74, 6) is 1.08. The molecule has 4 nitrogen and oxygen atoms in total. The molecule has 0 bridgehead atoms. The Balaban J connectivity index is 2.33. The van der Waals surface area contributed by atoms with Gasteiger partial charge in [-0.25, -0.2) is 12.7 Å². The van der Waals surface area contributed by atoms with Crippen LogP contribution in [0, 0.1) is 18.8 Å². The molecule has 0 aromatic heterocycles. The minimum Gasteiger partial charge on any atom is -0.398 e.